The van der Waals surface area contributed by atoms with E-state index in [1.165, 1.54) is 24.3 Å². The van der Waals surface area contributed by atoms with Gasteiger partial charge in [0.15, 0.2) is 0 Å². The van der Waals surface area contributed by atoms with Crippen molar-refractivity contribution in [3.05, 3.63) is 71.8 Å². The number of ether oxygens (including phenoxy) is 1. The molecule has 9 heteroatoms. The van der Waals surface area contributed by atoms with Crippen molar-refractivity contribution in [2.75, 3.05) is 0 Å². The topological polar surface area (TPSA) is 75.6 Å². The molecule has 3 aromatic carbocycles. The van der Waals surface area contributed by atoms with Gasteiger partial charge in [0.2, 0.25) is 0 Å². The lowest BCUT2D eigenvalue weighted by Gasteiger charge is -2.22. The number of aliphatic carboxylic acids is 1. The molecule has 178 valence electrons. The maximum Gasteiger partial charge on any atom is 0.446 e. The number of carbonyl (C=O) groups excluding carboxylic acids is 1. The summed E-state index contributed by atoms with van der Waals surface area (Å²) < 4.78 is 43.7. The number of carboxylic acid groups (broad SMARTS) is 1. The van der Waals surface area contributed by atoms with Crippen molar-refractivity contribution in [3.8, 4) is 5.75 Å². The number of rotatable bonds is 8. The van der Waals surface area contributed by atoms with E-state index in [1.807, 2.05) is 19.1 Å². The number of thioether (sulfide) groups is 1. The molecule has 2 N–H and O–H groups in total. The minimum absolute atomic E-state index is 0.0192. The van der Waals surface area contributed by atoms with E-state index in [4.69, 9.17) is 4.74 Å². The molecule has 4 rings (SSSR count). The third-order valence-corrected chi connectivity index (χ3v) is 6.66. The molecule has 3 aromatic rings. The normalized spacial score (nSPS) is 15.5. The number of fused-ring (bicyclic) bond motifs is 1. The Morgan fingerprint density at radius 3 is 2.38 bits per heavy atom. The van der Waals surface area contributed by atoms with Gasteiger partial charge in [-0.1, -0.05) is 49.4 Å². The largest absolute Gasteiger partial charge is 0.487 e. The lowest BCUT2D eigenvalue weighted by Crippen LogP contribution is -2.46. The number of benzene rings is 3. The van der Waals surface area contributed by atoms with Crippen molar-refractivity contribution < 1.29 is 32.6 Å². The van der Waals surface area contributed by atoms with Crippen molar-refractivity contribution in [1.82, 2.24) is 5.32 Å². The van der Waals surface area contributed by atoms with Crippen LogP contribution in [0.2, 0.25) is 0 Å². The van der Waals surface area contributed by atoms with Crippen LogP contribution in [0.3, 0.4) is 0 Å². The maximum absolute atomic E-state index is 13.1. The van der Waals surface area contributed by atoms with Gasteiger partial charge in [-0.05, 0) is 59.2 Å². The average Bonchev–Trinajstić information content (AvgIpc) is 3.53. The van der Waals surface area contributed by atoms with Crippen LogP contribution in [0.5, 0.6) is 5.75 Å². The Balaban J connectivity index is 1.59. The number of amides is 1. The van der Waals surface area contributed by atoms with E-state index in [0.717, 1.165) is 5.39 Å². The molecule has 0 saturated heterocycles. The molecular formula is C25H22F3NO4S. The third kappa shape index (κ3) is 5.47. The van der Waals surface area contributed by atoms with Gasteiger partial charge >= 0.3 is 11.5 Å². The lowest BCUT2D eigenvalue weighted by molar-refractivity contribution is -0.141. The first kappa shape index (κ1) is 23.9. The van der Waals surface area contributed by atoms with Gasteiger partial charge in [0.25, 0.3) is 5.91 Å². The van der Waals surface area contributed by atoms with Gasteiger partial charge in [-0.25, -0.2) is 4.79 Å². The summed E-state index contributed by atoms with van der Waals surface area (Å²) in [5, 5.41) is 13.8. The Kier molecular flexibility index (Phi) is 6.49. The molecule has 1 aliphatic rings. The first-order chi connectivity index (χ1) is 16.1. The minimum atomic E-state index is -4.37. The summed E-state index contributed by atoms with van der Waals surface area (Å²) in [6, 6.07) is 15.4. The van der Waals surface area contributed by atoms with Crippen molar-refractivity contribution in [2.45, 2.75) is 42.8 Å². The first-order valence-corrected chi connectivity index (χ1v) is 11.4. The standard InChI is InChI=1S/C25H22F3NO4S/c1-24(12-13-24)21(23(31)32)29-22(30)19-11-8-16-4-2-3-5-18(16)20(19)33-14-15-6-9-17(10-7-15)34-25(26,27)28/h2-11,21H,12-14H2,1H3,(H,29,30)(H,31,32)/t21-/m1/s1. The highest BCUT2D eigenvalue weighted by molar-refractivity contribution is 8.00. The number of hydrogen-bond acceptors (Lipinski definition) is 4. The Morgan fingerprint density at radius 2 is 1.76 bits per heavy atom. The molecule has 1 aliphatic carbocycles. The zero-order valence-electron chi connectivity index (χ0n) is 18.2. The van der Waals surface area contributed by atoms with Gasteiger partial charge in [-0.2, -0.15) is 13.2 Å². The van der Waals surface area contributed by atoms with Crippen LogP contribution in [0.25, 0.3) is 10.8 Å². The molecule has 1 amide bonds. The highest BCUT2D eigenvalue weighted by Gasteiger charge is 2.49. The minimum Gasteiger partial charge on any atom is -0.487 e. The molecule has 0 bridgehead atoms. The Labute approximate surface area is 198 Å². The SMILES string of the molecule is CC1([C@H](NC(=O)c2ccc3ccccc3c2OCc2ccc(SC(F)(F)F)cc2)C(=O)O)CC1. The number of carboxylic acids is 1. The van der Waals surface area contributed by atoms with E-state index >= 15 is 0 Å². The van der Waals surface area contributed by atoms with Gasteiger partial charge in [-0.3, -0.25) is 4.79 Å². The first-order valence-electron chi connectivity index (χ1n) is 10.6. The van der Waals surface area contributed by atoms with Crippen molar-refractivity contribution >= 4 is 34.4 Å². The highest BCUT2D eigenvalue weighted by Crippen LogP contribution is 2.48. The smallest absolute Gasteiger partial charge is 0.446 e. The van der Waals surface area contributed by atoms with Crippen molar-refractivity contribution in [1.29, 1.82) is 0 Å². The van der Waals surface area contributed by atoms with Gasteiger partial charge in [0.1, 0.15) is 18.4 Å². The molecular weight excluding hydrogens is 467 g/mol. The van der Waals surface area contributed by atoms with Crippen LogP contribution in [0.4, 0.5) is 13.2 Å². The summed E-state index contributed by atoms with van der Waals surface area (Å²) in [6.07, 6.45) is 1.43. The summed E-state index contributed by atoms with van der Waals surface area (Å²) in [5.41, 5.74) is -4.03. The second kappa shape index (κ2) is 9.21. The molecule has 1 fully saturated rings. The van der Waals surface area contributed by atoms with Crippen LogP contribution >= 0.6 is 11.8 Å². The Bertz CT molecular complexity index is 1220. The monoisotopic (exact) mass is 489 g/mol. The van der Waals surface area contributed by atoms with Crippen molar-refractivity contribution in [3.63, 3.8) is 0 Å². The van der Waals surface area contributed by atoms with E-state index in [-0.39, 0.29) is 34.6 Å². The average molecular weight is 490 g/mol. The molecule has 1 saturated carbocycles. The van der Waals surface area contributed by atoms with Crippen molar-refractivity contribution in [2.24, 2.45) is 5.41 Å². The summed E-state index contributed by atoms with van der Waals surface area (Å²) in [7, 11) is 0. The molecule has 0 spiro atoms. The second-order valence-electron chi connectivity index (χ2n) is 8.54. The van der Waals surface area contributed by atoms with Crippen LogP contribution < -0.4 is 10.1 Å². The van der Waals surface area contributed by atoms with Crippen LogP contribution in [0.1, 0.15) is 35.7 Å². The molecule has 0 heterocycles. The number of alkyl halides is 3. The summed E-state index contributed by atoms with van der Waals surface area (Å²) in [6.45, 7) is 1.84. The number of carbonyl (C=O) groups is 2. The Hall–Kier alpha value is -3.20. The second-order valence-corrected chi connectivity index (χ2v) is 9.68. The molecule has 34 heavy (non-hydrogen) atoms. The molecule has 1 atom stereocenters. The van der Waals surface area contributed by atoms with E-state index in [1.54, 1.807) is 24.3 Å². The number of hydrogen-bond donors (Lipinski definition) is 2. The summed E-state index contributed by atoms with van der Waals surface area (Å²) in [5.74, 6) is -1.36. The van der Waals surface area contributed by atoms with E-state index in [2.05, 4.69) is 5.32 Å². The lowest BCUT2D eigenvalue weighted by atomic mass is 9.98. The number of nitrogens with one attached hydrogen (secondary N) is 1. The van der Waals surface area contributed by atoms with E-state index < -0.39 is 28.8 Å². The zero-order chi connectivity index (χ0) is 24.5. The summed E-state index contributed by atoms with van der Waals surface area (Å²) >= 11 is -0.195. The van der Waals surface area contributed by atoms with Crippen LogP contribution in [-0.2, 0) is 11.4 Å². The predicted molar refractivity (Wildman–Crippen MR) is 123 cm³/mol. The van der Waals surface area contributed by atoms with Crippen LogP contribution in [-0.4, -0.2) is 28.5 Å². The molecule has 5 nitrogen and oxygen atoms in total. The van der Waals surface area contributed by atoms with E-state index in [0.29, 0.717) is 23.8 Å². The maximum atomic E-state index is 13.1. The highest BCUT2D eigenvalue weighted by atomic mass is 32.2. The molecule has 0 aromatic heterocycles. The van der Waals surface area contributed by atoms with Crippen LogP contribution in [0.15, 0.2) is 65.6 Å². The van der Waals surface area contributed by atoms with Gasteiger partial charge < -0.3 is 15.2 Å². The third-order valence-electron chi connectivity index (χ3n) is 5.92. The fourth-order valence-corrected chi connectivity index (χ4v) is 4.29. The summed E-state index contributed by atoms with van der Waals surface area (Å²) in [4.78, 5) is 24.9. The molecule has 0 unspecified atom stereocenters. The predicted octanol–water partition coefficient (Wildman–Crippen LogP) is 6.01. The van der Waals surface area contributed by atoms with Gasteiger partial charge in [0.05, 0.1) is 5.56 Å². The van der Waals surface area contributed by atoms with E-state index in [9.17, 15) is 27.9 Å². The van der Waals surface area contributed by atoms with Gasteiger partial charge in [0, 0.05) is 10.3 Å². The molecule has 0 radical (unpaired) electrons. The quantitative estimate of drug-likeness (QED) is 0.379. The fraction of sp³-hybridized carbons (Fsp3) is 0.280. The Morgan fingerprint density at radius 1 is 1.09 bits per heavy atom. The fourth-order valence-electron chi connectivity index (χ4n) is 3.75. The number of halogens is 3. The van der Waals surface area contributed by atoms with Crippen LogP contribution in [0, 0.1) is 5.41 Å². The van der Waals surface area contributed by atoms with Gasteiger partial charge in [-0.15, -0.1) is 0 Å². The molecule has 0 aliphatic heterocycles. The zero-order valence-corrected chi connectivity index (χ0v) is 19.0.